The summed E-state index contributed by atoms with van der Waals surface area (Å²) in [6, 6.07) is 9.01. The number of piperidine rings is 3. The number of likely N-dealkylation sites (tertiary alicyclic amines) is 1. The monoisotopic (exact) mass is 394 g/mol. The molecule has 1 amide bonds. The average Bonchev–Trinajstić information content (AvgIpc) is 3.24. The Hall–Kier alpha value is -2.34. The van der Waals surface area contributed by atoms with Crippen molar-refractivity contribution in [3.05, 3.63) is 48.0 Å². The molecule has 1 N–H and O–H groups in total. The molecule has 0 unspecified atom stereocenters. The van der Waals surface area contributed by atoms with Gasteiger partial charge in [-0.15, -0.1) is 0 Å². The van der Waals surface area contributed by atoms with Gasteiger partial charge in [-0.05, 0) is 55.2 Å². The maximum atomic E-state index is 13.0. The van der Waals surface area contributed by atoms with E-state index in [1.807, 2.05) is 12.3 Å². The van der Waals surface area contributed by atoms with Crippen LogP contribution in [0.2, 0.25) is 0 Å². The zero-order valence-electron chi connectivity index (χ0n) is 17.1. The van der Waals surface area contributed by atoms with Crippen molar-refractivity contribution in [3.8, 4) is 5.75 Å². The number of amides is 1. The fourth-order valence-corrected chi connectivity index (χ4v) is 5.92. The molecule has 154 valence electrons. The van der Waals surface area contributed by atoms with Crippen LogP contribution in [0.4, 0.5) is 0 Å². The highest BCUT2D eigenvalue weighted by Gasteiger charge is 2.49. The van der Waals surface area contributed by atoms with Gasteiger partial charge < -0.3 is 14.6 Å². The number of aromatic amines is 1. The molecule has 1 aromatic carbocycles. The molecule has 0 radical (unpaired) electrons. The van der Waals surface area contributed by atoms with Gasteiger partial charge in [0.15, 0.2) is 0 Å². The third kappa shape index (κ3) is 3.66. The molecule has 6 nitrogen and oxygen atoms in total. The van der Waals surface area contributed by atoms with Gasteiger partial charge in [-0.1, -0.05) is 12.1 Å². The lowest BCUT2D eigenvalue weighted by molar-refractivity contribution is -0.152. The maximum Gasteiger partial charge on any atom is 0.223 e. The zero-order valence-corrected chi connectivity index (χ0v) is 17.1. The lowest BCUT2D eigenvalue weighted by atomic mass is 9.70. The van der Waals surface area contributed by atoms with E-state index in [9.17, 15) is 4.79 Å². The van der Waals surface area contributed by atoms with E-state index >= 15 is 0 Å². The minimum Gasteiger partial charge on any atom is -0.497 e. The summed E-state index contributed by atoms with van der Waals surface area (Å²) in [5, 5.41) is 0. The molecule has 3 saturated heterocycles. The molecular weight excluding hydrogens is 364 g/mol. The Kier molecular flexibility index (Phi) is 5.04. The van der Waals surface area contributed by atoms with E-state index in [1.165, 1.54) is 17.7 Å². The number of hydrogen-bond donors (Lipinski definition) is 1. The number of carbonyl (C=O) groups is 1. The van der Waals surface area contributed by atoms with E-state index in [4.69, 9.17) is 4.74 Å². The number of hydrogen-bond acceptors (Lipinski definition) is 4. The van der Waals surface area contributed by atoms with Gasteiger partial charge in [0, 0.05) is 50.0 Å². The van der Waals surface area contributed by atoms with Crippen molar-refractivity contribution in [3.63, 3.8) is 0 Å². The van der Waals surface area contributed by atoms with E-state index < -0.39 is 0 Å². The van der Waals surface area contributed by atoms with Crippen LogP contribution in [0, 0.1) is 11.8 Å². The Bertz CT molecular complexity index is 852. The Balaban J connectivity index is 1.41. The summed E-state index contributed by atoms with van der Waals surface area (Å²) in [6.45, 7) is 3.04. The SMILES string of the molecule is COc1cccc(C[C@H]2[C@H]3C[C@H](CN(Cc4cnc[nH]4)C3)[C@@H]3CCCC(=O)N32)c1. The van der Waals surface area contributed by atoms with Gasteiger partial charge >= 0.3 is 0 Å². The molecule has 2 aromatic rings. The predicted molar refractivity (Wildman–Crippen MR) is 110 cm³/mol. The Morgan fingerprint density at radius 1 is 1.28 bits per heavy atom. The quantitative estimate of drug-likeness (QED) is 0.847. The van der Waals surface area contributed by atoms with Crippen LogP contribution < -0.4 is 4.74 Å². The number of nitrogens with one attached hydrogen (secondary N) is 1. The van der Waals surface area contributed by atoms with Crippen LogP contribution >= 0.6 is 0 Å². The van der Waals surface area contributed by atoms with Crippen molar-refractivity contribution in [2.75, 3.05) is 20.2 Å². The number of fused-ring (bicyclic) bond motifs is 4. The number of benzene rings is 1. The average molecular weight is 395 g/mol. The predicted octanol–water partition coefficient (Wildman–Crippen LogP) is 2.86. The number of carbonyl (C=O) groups excluding carboxylic acids is 1. The summed E-state index contributed by atoms with van der Waals surface area (Å²) in [5.41, 5.74) is 2.43. The number of rotatable bonds is 5. The summed E-state index contributed by atoms with van der Waals surface area (Å²) in [4.78, 5) is 25.3. The second kappa shape index (κ2) is 7.82. The topological polar surface area (TPSA) is 61.5 Å². The molecule has 0 aliphatic carbocycles. The van der Waals surface area contributed by atoms with E-state index in [1.54, 1.807) is 13.4 Å². The van der Waals surface area contributed by atoms with Crippen LogP contribution in [0.5, 0.6) is 5.75 Å². The first-order valence-corrected chi connectivity index (χ1v) is 10.8. The van der Waals surface area contributed by atoms with Crippen LogP contribution in [0.15, 0.2) is 36.8 Å². The van der Waals surface area contributed by atoms with Gasteiger partial charge in [0.25, 0.3) is 0 Å². The lowest BCUT2D eigenvalue weighted by Gasteiger charge is -2.56. The molecule has 3 fully saturated rings. The van der Waals surface area contributed by atoms with Crippen LogP contribution in [-0.2, 0) is 17.8 Å². The summed E-state index contributed by atoms with van der Waals surface area (Å²) < 4.78 is 5.43. The van der Waals surface area contributed by atoms with Crippen LogP contribution in [0.1, 0.15) is 36.9 Å². The van der Waals surface area contributed by atoms with Gasteiger partial charge in [-0.2, -0.15) is 0 Å². The van der Waals surface area contributed by atoms with E-state index in [2.05, 4.69) is 38.0 Å². The summed E-state index contributed by atoms with van der Waals surface area (Å²) >= 11 is 0. The number of imidazole rings is 1. The first kappa shape index (κ1) is 18.7. The van der Waals surface area contributed by atoms with E-state index in [-0.39, 0.29) is 6.04 Å². The van der Waals surface area contributed by atoms with Crippen LogP contribution in [-0.4, -0.2) is 58.0 Å². The fourth-order valence-electron chi connectivity index (χ4n) is 5.92. The lowest BCUT2D eigenvalue weighted by Crippen LogP contribution is -2.65. The van der Waals surface area contributed by atoms with Crippen LogP contribution in [0.25, 0.3) is 0 Å². The number of methoxy groups -OCH3 is 1. The summed E-state index contributed by atoms with van der Waals surface area (Å²) in [7, 11) is 1.71. The largest absolute Gasteiger partial charge is 0.497 e. The number of aromatic nitrogens is 2. The third-order valence-electron chi connectivity index (χ3n) is 7.10. The van der Waals surface area contributed by atoms with E-state index in [0.717, 1.165) is 44.6 Å². The number of ether oxygens (including phenoxy) is 1. The Morgan fingerprint density at radius 3 is 3.00 bits per heavy atom. The molecule has 2 bridgehead atoms. The molecule has 4 atom stereocenters. The first-order chi connectivity index (χ1) is 14.2. The molecule has 4 heterocycles. The summed E-state index contributed by atoms with van der Waals surface area (Å²) in [6.07, 6.45) is 8.73. The second-order valence-corrected chi connectivity index (χ2v) is 8.91. The highest BCUT2D eigenvalue weighted by molar-refractivity contribution is 5.78. The number of H-pyrrole nitrogens is 1. The maximum absolute atomic E-state index is 13.0. The first-order valence-electron chi connectivity index (χ1n) is 10.8. The van der Waals surface area contributed by atoms with Crippen molar-refractivity contribution >= 4 is 5.91 Å². The number of nitrogens with zero attached hydrogens (tertiary/aromatic N) is 3. The highest BCUT2D eigenvalue weighted by Crippen LogP contribution is 2.43. The minimum atomic E-state index is 0.278. The normalized spacial score (nSPS) is 29.6. The standard InChI is InChI=1S/C23H30N4O2/c1-29-20-5-2-4-16(8-20)9-22-18-10-17(21-6-3-7-23(28)27(21)22)12-26(13-18)14-19-11-24-15-25-19/h2,4-5,8,11,15,17-18,21-22H,3,6-7,9-10,12-14H2,1H3,(H,24,25)/t17-,18+,21+,22+/m1/s1. The molecule has 3 aliphatic rings. The Morgan fingerprint density at radius 2 is 2.17 bits per heavy atom. The third-order valence-corrected chi connectivity index (χ3v) is 7.10. The molecular formula is C23H30N4O2. The molecule has 6 heteroatoms. The van der Waals surface area contributed by atoms with Crippen molar-refractivity contribution in [2.24, 2.45) is 11.8 Å². The van der Waals surface area contributed by atoms with Gasteiger partial charge in [-0.25, -0.2) is 4.98 Å². The fraction of sp³-hybridized carbons (Fsp3) is 0.565. The molecule has 0 spiro atoms. The van der Waals surface area contributed by atoms with Crippen molar-refractivity contribution < 1.29 is 9.53 Å². The van der Waals surface area contributed by atoms with Crippen molar-refractivity contribution in [1.82, 2.24) is 19.8 Å². The molecule has 1 aromatic heterocycles. The van der Waals surface area contributed by atoms with Gasteiger partial charge in [0.05, 0.1) is 13.4 Å². The van der Waals surface area contributed by atoms with Gasteiger partial charge in [0.2, 0.25) is 5.91 Å². The molecule has 0 saturated carbocycles. The Labute approximate surface area is 172 Å². The smallest absolute Gasteiger partial charge is 0.223 e. The summed E-state index contributed by atoms with van der Waals surface area (Å²) in [5.74, 6) is 2.36. The molecule has 5 rings (SSSR count). The molecule has 3 aliphatic heterocycles. The van der Waals surface area contributed by atoms with E-state index in [0.29, 0.717) is 30.2 Å². The van der Waals surface area contributed by atoms with Crippen molar-refractivity contribution in [2.45, 2.75) is 50.7 Å². The van der Waals surface area contributed by atoms with Gasteiger partial charge in [-0.3, -0.25) is 9.69 Å². The second-order valence-electron chi connectivity index (χ2n) is 8.91. The van der Waals surface area contributed by atoms with Crippen molar-refractivity contribution in [1.29, 1.82) is 0 Å². The minimum absolute atomic E-state index is 0.278. The zero-order chi connectivity index (χ0) is 19.8. The highest BCUT2D eigenvalue weighted by atomic mass is 16.5. The van der Waals surface area contributed by atoms with Gasteiger partial charge in [0.1, 0.15) is 5.75 Å². The van der Waals surface area contributed by atoms with Crippen LogP contribution in [0.3, 0.4) is 0 Å². The molecule has 29 heavy (non-hydrogen) atoms.